The Hall–Kier alpha value is -1.86. The van der Waals surface area contributed by atoms with Gasteiger partial charge in [-0.1, -0.05) is 0 Å². The third kappa shape index (κ3) is 1.77. The van der Waals surface area contributed by atoms with E-state index in [0.717, 1.165) is 43.2 Å². The molecule has 96 valence electrons. The van der Waals surface area contributed by atoms with Crippen molar-refractivity contribution < 1.29 is 4.74 Å². The number of fused-ring (bicyclic) bond motifs is 1. The average molecular weight is 248 g/mol. The topological polar surface area (TPSA) is 81.2 Å². The first-order valence-corrected chi connectivity index (χ1v) is 5.91. The molecule has 7 heteroatoms. The van der Waals surface area contributed by atoms with Crippen molar-refractivity contribution in [2.45, 2.75) is 0 Å². The molecule has 0 spiro atoms. The lowest BCUT2D eigenvalue weighted by atomic mass is 10.3. The van der Waals surface area contributed by atoms with Gasteiger partial charge in [0.05, 0.1) is 25.2 Å². The van der Waals surface area contributed by atoms with Crippen molar-refractivity contribution in [3.8, 4) is 0 Å². The van der Waals surface area contributed by atoms with Crippen LogP contribution in [0, 0.1) is 0 Å². The van der Waals surface area contributed by atoms with E-state index in [0.29, 0.717) is 5.82 Å². The van der Waals surface area contributed by atoms with E-state index in [-0.39, 0.29) is 0 Å². The number of pyridine rings is 1. The predicted octanol–water partition coefficient (Wildman–Crippen LogP) is 0.0905. The number of aromatic nitrogens is 3. The number of hydrogen-bond donors (Lipinski definition) is 2. The number of ether oxygens (including phenoxy) is 1. The monoisotopic (exact) mass is 248 g/mol. The number of nitrogen functional groups attached to an aromatic ring is 1. The van der Waals surface area contributed by atoms with E-state index in [1.54, 1.807) is 6.33 Å². The van der Waals surface area contributed by atoms with Gasteiger partial charge in [0.2, 0.25) is 0 Å². The second-order valence-corrected chi connectivity index (χ2v) is 4.30. The Kier molecular flexibility index (Phi) is 2.77. The zero-order valence-electron chi connectivity index (χ0n) is 10.3. The highest BCUT2D eigenvalue weighted by molar-refractivity contribution is 5.88. The predicted molar refractivity (Wildman–Crippen MR) is 69.4 cm³/mol. The lowest BCUT2D eigenvalue weighted by molar-refractivity contribution is 0.123. The van der Waals surface area contributed by atoms with Crippen LogP contribution in [-0.4, -0.2) is 40.8 Å². The number of hydrazine groups is 1. The SMILES string of the molecule is Cn1cnc2c(N3CCOCC3)cc(NN)nc21. The molecule has 18 heavy (non-hydrogen) atoms. The van der Waals surface area contributed by atoms with Gasteiger partial charge in [-0.3, -0.25) is 0 Å². The van der Waals surface area contributed by atoms with E-state index in [4.69, 9.17) is 10.6 Å². The van der Waals surface area contributed by atoms with Crippen LogP contribution in [0.3, 0.4) is 0 Å². The first-order chi connectivity index (χ1) is 8.79. The molecule has 1 aliphatic rings. The lowest BCUT2D eigenvalue weighted by Gasteiger charge is -2.29. The van der Waals surface area contributed by atoms with Gasteiger partial charge in [-0.15, -0.1) is 0 Å². The summed E-state index contributed by atoms with van der Waals surface area (Å²) in [7, 11) is 1.92. The Morgan fingerprint density at radius 2 is 2.17 bits per heavy atom. The van der Waals surface area contributed by atoms with E-state index >= 15 is 0 Å². The molecule has 0 radical (unpaired) electrons. The molecule has 0 aliphatic carbocycles. The first kappa shape index (κ1) is 11.2. The molecule has 7 nitrogen and oxygen atoms in total. The first-order valence-electron chi connectivity index (χ1n) is 5.91. The molecule has 3 rings (SSSR count). The van der Waals surface area contributed by atoms with E-state index in [9.17, 15) is 0 Å². The molecular weight excluding hydrogens is 232 g/mol. The van der Waals surface area contributed by atoms with Crippen molar-refractivity contribution in [3.05, 3.63) is 12.4 Å². The van der Waals surface area contributed by atoms with Gasteiger partial charge in [-0.05, 0) is 0 Å². The molecule has 0 atom stereocenters. The third-order valence-corrected chi connectivity index (χ3v) is 3.15. The fourth-order valence-corrected chi connectivity index (χ4v) is 2.20. The van der Waals surface area contributed by atoms with Crippen LogP contribution < -0.4 is 16.2 Å². The van der Waals surface area contributed by atoms with Crippen LogP contribution in [0.5, 0.6) is 0 Å². The summed E-state index contributed by atoms with van der Waals surface area (Å²) in [5.41, 5.74) is 5.39. The number of aryl methyl sites for hydroxylation is 1. The van der Waals surface area contributed by atoms with Crippen molar-refractivity contribution in [2.24, 2.45) is 12.9 Å². The minimum absolute atomic E-state index is 0.646. The van der Waals surface area contributed by atoms with Crippen LogP contribution in [-0.2, 0) is 11.8 Å². The molecule has 0 saturated carbocycles. The summed E-state index contributed by atoms with van der Waals surface area (Å²) in [6, 6.07) is 1.93. The van der Waals surface area contributed by atoms with Crippen LogP contribution in [0.25, 0.3) is 11.2 Å². The summed E-state index contributed by atoms with van der Waals surface area (Å²) in [5, 5.41) is 0. The van der Waals surface area contributed by atoms with Gasteiger partial charge in [0, 0.05) is 26.2 Å². The highest BCUT2D eigenvalue weighted by Gasteiger charge is 2.17. The standard InChI is InChI=1S/C11H16N6O/c1-16-7-13-10-8(17-2-4-18-5-3-17)6-9(15-12)14-11(10)16/h6-7H,2-5,12H2,1H3,(H,14,15). The molecule has 0 unspecified atom stereocenters. The van der Waals surface area contributed by atoms with Crippen LogP contribution in [0.15, 0.2) is 12.4 Å². The second-order valence-electron chi connectivity index (χ2n) is 4.30. The molecule has 3 N–H and O–H groups in total. The van der Waals surface area contributed by atoms with Crippen molar-refractivity contribution in [1.29, 1.82) is 0 Å². The summed E-state index contributed by atoms with van der Waals surface area (Å²) < 4.78 is 7.26. The van der Waals surface area contributed by atoms with Crippen LogP contribution in [0.4, 0.5) is 11.5 Å². The van der Waals surface area contributed by atoms with Gasteiger partial charge in [-0.25, -0.2) is 15.8 Å². The van der Waals surface area contributed by atoms with Gasteiger partial charge in [0.15, 0.2) is 5.65 Å². The molecule has 0 aromatic carbocycles. The second kappa shape index (κ2) is 4.43. The highest BCUT2D eigenvalue weighted by Crippen LogP contribution is 2.27. The fourth-order valence-electron chi connectivity index (χ4n) is 2.20. The lowest BCUT2D eigenvalue weighted by Crippen LogP contribution is -2.36. The van der Waals surface area contributed by atoms with Gasteiger partial charge < -0.3 is 19.6 Å². The zero-order valence-corrected chi connectivity index (χ0v) is 10.3. The van der Waals surface area contributed by atoms with Gasteiger partial charge in [-0.2, -0.15) is 0 Å². The number of rotatable bonds is 2. The number of hydrogen-bond acceptors (Lipinski definition) is 6. The Balaban J connectivity index is 2.13. The minimum Gasteiger partial charge on any atom is -0.378 e. The Morgan fingerprint density at radius 1 is 1.39 bits per heavy atom. The van der Waals surface area contributed by atoms with E-state index in [1.807, 2.05) is 17.7 Å². The summed E-state index contributed by atoms with van der Waals surface area (Å²) in [5.74, 6) is 6.12. The van der Waals surface area contributed by atoms with Crippen LogP contribution in [0.2, 0.25) is 0 Å². The Labute approximate surface area is 105 Å². The van der Waals surface area contributed by atoms with Crippen molar-refractivity contribution in [3.63, 3.8) is 0 Å². The van der Waals surface area contributed by atoms with Gasteiger partial charge in [0.25, 0.3) is 0 Å². The molecule has 2 aromatic heterocycles. The number of anilines is 2. The highest BCUT2D eigenvalue weighted by atomic mass is 16.5. The van der Waals surface area contributed by atoms with Crippen LogP contribution in [0.1, 0.15) is 0 Å². The molecule has 2 aromatic rings. The number of nitrogens with one attached hydrogen (secondary N) is 1. The molecule has 1 saturated heterocycles. The maximum atomic E-state index is 5.47. The quantitative estimate of drug-likeness (QED) is 0.579. The van der Waals surface area contributed by atoms with E-state index in [1.165, 1.54) is 0 Å². The molecule has 3 heterocycles. The third-order valence-electron chi connectivity index (χ3n) is 3.15. The molecule has 1 aliphatic heterocycles. The summed E-state index contributed by atoms with van der Waals surface area (Å²) >= 11 is 0. The molecular formula is C11H16N6O. The summed E-state index contributed by atoms with van der Waals surface area (Å²) in [6.45, 7) is 3.20. The van der Waals surface area contributed by atoms with Gasteiger partial charge in [0.1, 0.15) is 11.3 Å². The summed E-state index contributed by atoms with van der Waals surface area (Å²) in [6.07, 6.45) is 1.77. The fraction of sp³-hybridized carbons (Fsp3) is 0.455. The average Bonchev–Trinajstić information content (AvgIpc) is 2.80. The number of nitrogens with two attached hydrogens (primary N) is 1. The minimum atomic E-state index is 0.646. The maximum absolute atomic E-state index is 5.47. The van der Waals surface area contributed by atoms with Gasteiger partial charge >= 0.3 is 0 Å². The Bertz CT molecular complexity index is 560. The number of nitrogens with zero attached hydrogens (tertiary/aromatic N) is 4. The number of morpholine rings is 1. The Morgan fingerprint density at radius 3 is 2.89 bits per heavy atom. The summed E-state index contributed by atoms with van der Waals surface area (Å²) in [4.78, 5) is 11.1. The smallest absolute Gasteiger partial charge is 0.164 e. The molecule has 1 fully saturated rings. The largest absolute Gasteiger partial charge is 0.378 e. The van der Waals surface area contributed by atoms with Crippen molar-refractivity contribution in [2.75, 3.05) is 36.6 Å². The van der Waals surface area contributed by atoms with Crippen molar-refractivity contribution in [1.82, 2.24) is 14.5 Å². The van der Waals surface area contributed by atoms with E-state index in [2.05, 4.69) is 20.3 Å². The normalized spacial score (nSPS) is 16.2. The zero-order chi connectivity index (χ0) is 12.5. The van der Waals surface area contributed by atoms with Crippen molar-refractivity contribution >= 4 is 22.7 Å². The number of imidazole rings is 1. The van der Waals surface area contributed by atoms with E-state index < -0.39 is 0 Å². The molecule has 0 amide bonds. The van der Waals surface area contributed by atoms with Crippen LogP contribution >= 0.6 is 0 Å². The molecule has 0 bridgehead atoms. The maximum Gasteiger partial charge on any atom is 0.164 e.